The number of hydrogen-bond donors (Lipinski definition) is 2. The average molecular weight is 445 g/mol. The summed E-state index contributed by atoms with van der Waals surface area (Å²) in [6, 6.07) is 8.84. The maximum Gasteiger partial charge on any atom is 0.243 e. The lowest BCUT2D eigenvalue weighted by Crippen LogP contribution is -2.33. The maximum atomic E-state index is 13.5. The van der Waals surface area contributed by atoms with E-state index in [1.807, 2.05) is 12.1 Å². The van der Waals surface area contributed by atoms with Crippen LogP contribution in [-0.2, 0) is 9.59 Å². The van der Waals surface area contributed by atoms with E-state index in [-0.39, 0.29) is 6.42 Å². The van der Waals surface area contributed by atoms with Crippen molar-refractivity contribution in [3.05, 3.63) is 58.3 Å². The molecule has 0 bridgehead atoms. The normalized spacial score (nSPS) is 10.4. The molecule has 0 spiro atoms. The van der Waals surface area contributed by atoms with E-state index in [2.05, 4.69) is 26.6 Å². The molecule has 0 atom stereocenters. The molecule has 5 nitrogen and oxygen atoms in total. The summed E-state index contributed by atoms with van der Waals surface area (Å²) in [5.74, 6) is -5.03. The second kappa shape index (κ2) is 9.96. The molecular weight excluding hydrogens is 429 g/mol. The third-order valence-electron chi connectivity index (χ3n) is 3.37. The summed E-state index contributed by atoms with van der Waals surface area (Å²) in [6.07, 6.45) is 0.554. The standard InChI is InChI=1S/C18H16BrF3N2O3/c19-11-3-1-4-12(9-11)27-8-2-5-15(25)23-10-16(26)24-14-7-6-13(20)17(21)18(14)22/h1,3-4,6-7,9H,2,5,8,10H2,(H,23,25)(H,24,26). The summed E-state index contributed by atoms with van der Waals surface area (Å²) in [4.78, 5) is 23.4. The monoisotopic (exact) mass is 444 g/mol. The van der Waals surface area contributed by atoms with Crippen LogP contribution in [0.3, 0.4) is 0 Å². The fourth-order valence-electron chi connectivity index (χ4n) is 2.06. The van der Waals surface area contributed by atoms with Crippen LogP contribution in [0.1, 0.15) is 12.8 Å². The lowest BCUT2D eigenvalue weighted by Gasteiger charge is -2.09. The van der Waals surface area contributed by atoms with Crippen molar-refractivity contribution in [2.45, 2.75) is 12.8 Å². The average Bonchev–Trinajstić information content (AvgIpc) is 2.64. The minimum Gasteiger partial charge on any atom is -0.494 e. The van der Waals surface area contributed by atoms with Crippen LogP contribution in [0.15, 0.2) is 40.9 Å². The highest BCUT2D eigenvalue weighted by Crippen LogP contribution is 2.19. The number of benzene rings is 2. The van der Waals surface area contributed by atoms with E-state index in [1.54, 1.807) is 12.1 Å². The first kappa shape index (κ1) is 20.8. The van der Waals surface area contributed by atoms with E-state index >= 15 is 0 Å². The second-order valence-electron chi connectivity index (χ2n) is 5.46. The van der Waals surface area contributed by atoms with Gasteiger partial charge in [-0.1, -0.05) is 22.0 Å². The smallest absolute Gasteiger partial charge is 0.243 e. The zero-order valence-corrected chi connectivity index (χ0v) is 15.6. The Morgan fingerprint density at radius 1 is 1.04 bits per heavy atom. The molecule has 2 amide bonds. The number of nitrogens with one attached hydrogen (secondary N) is 2. The van der Waals surface area contributed by atoms with Crippen molar-refractivity contribution in [3.8, 4) is 5.75 Å². The van der Waals surface area contributed by atoms with Gasteiger partial charge in [-0.05, 0) is 36.8 Å². The highest BCUT2D eigenvalue weighted by molar-refractivity contribution is 9.10. The van der Waals surface area contributed by atoms with Gasteiger partial charge in [-0.3, -0.25) is 9.59 Å². The Balaban J connectivity index is 1.68. The summed E-state index contributed by atoms with van der Waals surface area (Å²) in [7, 11) is 0. The molecule has 9 heteroatoms. The van der Waals surface area contributed by atoms with Crippen molar-refractivity contribution in [2.75, 3.05) is 18.5 Å². The number of ether oxygens (including phenoxy) is 1. The predicted octanol–water partition coefficient (Wildman–Crippen LogP) is 3.78. The molecule has 2 aromatic carbocycles. The molecular formula is C18H16BrF3N2O3. The molecule has 0 saturated heterocycles. The molecule has 0 radical (unpaired) electrons. The fraction of sp³-hybridized carbons (Fsp3) is 0.222. The second-order valence-corrected chi connectivity index (χ2v) is 6.37. The zero-order chi connectivity index (χ0) is 19.8. The largest absolute Gasteiger partial charge is 0.494 e. The van der Waals surface area contributed by atoms with E-state index in [1.165, 1.54) is 0 Å². The van der Waals surface area contributed by atoms with Gasteiger partial charge < -0.3 is 15.4 Å². The van der Waals surface area contributed by atoms with Crippen molar-refractivity contribution in [1.82, 2.24) is 5.32 Å². The molecule has 0 fully saturated rings. The van der Waals surface area contributed by atoms with Gasteiger partial charge in [0.1, 0.15) is 5.75 Å². The molecule has 0 aliphatic rings. The van der Waals surface area contributed by atoms with E-state index in [0.717, 1.165) is 10.5 Å². The molecule has 0 heterocycles. The predicted molar refractivity (Wildman–Crippen MR) is 96.8 cm³/mol. The van der Waals surface area contributed by atoms with Crippen LogP contribution in [0.4, 0.5) is 18.9 Å². The molecule has 0 saturated carbocycles. The van der Waals surface area contributed by atoms with Crippen LogP contribution in [0.25, 0.3) is 0 Å². The minimum absolute atomic E-state index is 0.126. The minimum atomic E-state index is -1.68. The van der Waals surface area contributed by atoms with Gasteiger partial charge in [-0.25, -0.2) is 13.2 Å². The fourth-order valence-corrected chi connectivity index (χ4v) is 2.44. The van der Waals surface area contributed by atoms with Gasteiger partial charge in [0.25, 0.3) is 0 Å². The highest BCUT2D eigenvalue weighted by atomic mass is 79.9. The molecule has 0 aromatic heterocycles. The third kappa shape index (κ3) is 6.59. The third-order valence-corrected chi connectivity index (χ3v) is 3.86. The van der Waals surface area contributed by atoms with Crippen molar-refractivity contribution in [2.24, 2.45) is 0 Å². The Morgan fingerprint density at radius 3 is 2.56 bits per heavy atom. The molecule has 144 valence electrons. The van der Waals surface area contributed by atoms with Gasteiger partial charge in [0, 0.05) is 10.9 Å². The number of carbonyl (C=O) groups is 2. The van der Waals surface area contributed by atoms with Gasteiger partial charge in [-0.2, -0.15) is 0 Å². The Morgan fingerprint density at radius 2 is 1.81 bits per heavy atom. The first-order chi connectivity index (χ1) is 12.9. The highest BCUT2D eigenvalue weighted by Gasteiger charge is 2.15. The summed E-state index contributed by atoms with van der Waals surface area (Å²) in [6.45, 7) is -0.111. The van der Waals surface area contributed by atoms with Crippen LogP contribution < -0.4 is 15.4 Å². The maximum absolute atomic E-state index is 13.5. The molecule has 2 N–H and O–H groups in total. The van der Waals surface area contributed by atoms with Crippen LogP contribution >= 0.6 is 15.9 Å². The zero-order valence-electron chi connectivity index (χ0n) is 14.0. The number of rotatable bonds is 8. The molecule has 2 aromatic rings. The summed E-state index contributed by atoms with van der Waals surface area (Å²) < 4.78 is 45.7. The first-order valence-electron chi connectivity index (χ1n) is 7.95. The van der Waals surface area contributed by atoms with Crippen LogP contribution in [0, 0.1) is 17.5 Å². The number of carbonyl (C=O) groups excluding carboxylic acids is 2. The van der Waals surface area contributed by atoms with E-state index in [9.17, 15) is 22.8 Å². The molecule has 0 aliphatic carbocycles. The summed E-state index contributed by atoms with van der Waals surface area (Å²) in [5.41, 5.74) is -0.504. The Kier molecular flexibility index (Phi) is 7.66. The summed E-state index contributed by atoms with van der Waals surface area (Å²) in [5, 5.41) is 4.41. The van der Waals surface area contributed by atoms with Gasteiger partial charge in [-0.15, -0.1) is 0 Å². The van der Waals surface area contributed by atoms with E-state index in [4.69, 9.17) is 4.74 Å². The van der Waals surface area contributed by atoms with Crippen molar-refractivity contribution in [3.63, 3.8) is 0 Å². The number of amides is 2. The van der Waals surface area contributed by atoms with Crippen molar-refractivity contribution < 1.29 is 27.5 Å². The number of halogens is 4. The van der Waals surface area contributed by atoms with Gasteiger partial charge >= 0.3 is 0 Å². The lowest BCUT2D eigenvalue weighted by atomic mass is 10.2. The molecule has 0 unspecified atom stereocenters. The first-order valence-corrected chi connectivity index (χ1v) is 8.74. The Bertz CT molecular complexity index is 833. The SMILES string of the molecule is O=C(CCCOc1cccc(Br)c1)NCC(=O)Nc1ccc(F)c(F)c1F. The Labute approximate surface area is 162 Å². The van der Waals surface area contributed by atoms with Crippen molar-refractivity contribution >= 4 is 33.4 Å². The summed E-state index contributed by atoms with van der Waals surface area (Å²) >= 11 is 3.32. The topological polar surface area (TPSA) is 67.4 Å². The quantitative estimate of drug-likeness (QED) is 0.480. The van der Waals surface area contributed by atoms with Crippen LogP contribution in [0.5, 0.6) is 5.75 Å². The van der Waals surface area contributed by atoms with Gasteiger partial charge in [0.15, 0.2) is 17.5 Å². The Hall–Kier alpha value is -2.55. The molecule has 0 aliphatic heterocycles. The van der Waals surface area contributed by atoms with Gasteiger partial charge in [0.2, 0.25) is 11.8 Å². The van der Waals surface area contributed by atoms with E-state index in [0.29, 0.717) is 24.8 Å². The van der Waals surface area contributed by atoms with Crippen LogP contribution in [-0.4, -0.2) is 25.0 Å². The molecule has 2 rings (SSSR count). The lowest BCUT2D eigenvalue weighted by molar-refractivity contribution is -0.124. The number of hydrogen-bond acceptors (Lipinski definition) is 3. The van der Waals surface area contributed by atoms with Crippen molar-refractivity contribution in [1.29, 1.82) is 0 Å². The number of anilines is 1. The molecule has 27 heavy (non-hydrogen) atoms. The van der Waals surface area contributed by atoms with E-state index < -0.39 is 41.5 Å². The van der Waals surface area contributed by atoms with Gasteiger partial charge in [0.05, 0.1) is 18.8 Å². The van der Waals surface area contributed by atoms with Crippen LogP contribution in [0.2, 0.25) is 0 Å².